The summed E-state index contributed by atoms with van der Waals surface area (Å²) in [7, 11) is 3.10. The number of halogens is 2. The molecule has 0 radical (unpaired) electrons. The van der Waals surface area contributed by atoms with Crippen molar-refractivity contribution < 1.29 is 14.3 Å². The van der Waals surface area contributed by atoms with Crippen LogP contribution < -0.4 is 14.9 Å². The van der Waals surface area contributed by atoms with Crippen LogP contribution >= 0.6 is 35.0 Å². The van der Waals surface area contributed by atoms with Gasteiger partial charge < -0.3 is 9.47 Å². The molecule has 184 valence electrons. The molecule has 0 aliphatic carbocycles. The summed E-state index contributed by atoms with van der Waals surface area (Å²) in [5.41, 5.74) is 4.83. The van der Waals surface area contributed by atoms with Gasteiger partial charge in [0.2, 0.25) is 0 Å². The highest BCUT2D eigenvalue weighted by molar-refractivity contribution is 7.99. The van der Waals surface area contributed by atoms with Gasteiger partial charge >= 0.3 is 0 Å². The number of aromatic nitrogens is 3. The number of hydrazone groups is 1. The number of nitrogens with one attached hydrogen (secondary N) is 1. The van der Waals surface area contributed by atoms with E-state index in [9.17, 15) is 4.79 Å². The van der Waals surface area contributed by atoms with Gasteiger partial charge in [0.05, 0.1) is 26.2 Å². The van der Waals surface area contributed by atoms with Gasteiger partial charge in [-0.05, 0) is 60.7 Å². The predicted octanol–water partition coefficient (Wildman–Crippen LogP) is 5.50. The number of ether oxygens (including phenoxy) is 2. The Hall–Kier alpha value is -3.53. The summed E-state index contributed by atoms with van der Waals surface area (Å²) >= 11 is 13.4. The number of nitrogens with zero attached hydrogens (tertiary/aromatic N) is 4. The number of carbonyl (C=O) groups is 1. The van der Waals surface area contributed by atoms with Crippen LogP contribution in [0.5, 0.6) is 11.5 Å². The average Bonchev–Trinajstić information content (AvgIpc) is 3.32. The van der Waals surface area contributed by atoms with E-state index in [1.165, 1.54) is 18.0 Å². The maximum absolute atomic E-state index is 12.5. The Bertz CT molecular complexity index is 1380. The van der Waals surface area contributed by atoms with Crippen molar-refractivity contribution in [3.63, 3.8) is 0 Å². The third-order valence-electron chi connectivity index (χ3n) is 4.98. The first-order chi connectivity index (χ1) is 17.5. The van der Waals surface area contributed by atoms with E-state index in [0.717, 1.165) is 11.3 Å². The van der Waals surface area contributed by atoms with Gasteiger partial charge in [0, 0.05) is 26.9 Å². The Morgan fingerprint density at radius 2 is 1.69 bits per heavy atom. The molecule has 4 rings (SSSR count). The summed E-state index contributed by atoms with van der Waals surface area (Å²) in [4.78, 5) is 12.5. The lowest BCUT2D eigenvalue weighted by molar-refractivity contribution is -0.118. The molecule has 1 N–H and O–H groups in total. The summed E-state index contributed by atoms with van der Waals surface area (Å²) in [6, 6.07) is 20.0. The van der Waals surface area contributed by atoms with Gasteiger partial charge in [0.1, 0.15) is 0 Å². The van der Waals surface area contributed by atoms with Crippen LogP contribution in [0.25, 0.3) is 17.1 Å². The van der Waals surface area contributed by atoms with Crippen molar-refractivity contribution in [1.82, 2.24) is 20.2 Å². The highest BCUT2D eigenvalue weighted by Gasteiger charge is 2.17. The molecule has 0 aliphatic heterocycles. The van der Waals surface area contributed by atoms with Crippen molar-refractivity contribution in [2.24, 2.45) is 5.10 Å². The number of hydrogen-bond donors (Lipinski definition) is 1. The quantitative estimate of drug-likeness (QED) is 0.171. The molecule has 1 heterocycles. The van der Waals surface area contributed by atoms with E-state index in [-0.39, 0.29) is 11.7 Å². The van der Waals surface area contributed by atoms with E-state index < -0.39 is 0 Å². The lowest BCUT2D eigenvalue weighted by Gasteiger charge is -2.10. The van der Waals surface area contributed by atoms with E-state index in [1.54, 1.807) is 50.6 Å². The summed E-state index contributed by atoms with van der Waals surface area (Å²) in [5, 5.41) is 14.5. The Kier molecular flexibility index (Phi) is 8.48. The first kappa shape index (κ1) is 25.6. The number of hydrogen-bond acceptors (Lipinski definition) is 7. The van der Waals surface area contributed by atoms with E-state index in [2.05, 4.69) is 20.7 Å². The largest absolute Gasteiger partial charge is 0.493 e. The van der Waals surface area contributed by atoms with Gasteiger partial charge in [-0.1, -0.05) is 41.0 Å². The molecule has 4 aromatic rings. The van der Waals surface area contributed by atoms with Crippen molar-refractivity contribution in [3.05, 3.63) is 82.3 Å². The van der Waals surface area contributed by atoms with Crippen LogP contribution in [0.4, 0.5) is 0 Å². The second kappa shape index (κ2) is 11.9. The third-order valence-corrected chi connectivity index (χ3v) is 6.41. The lowest BCUT2D eigenvalue weighted by Crippen LogP contribution is -2.20. The minimum atomic E-state index is -0.309. The average molecular weight is 542 g/mol. The number of thioether (sulfide) groups is 1. The van der Waals surface area contributed by atoms with Gasteiger partial charge in [-0.2, -0.15) is 5.10 Å². The van der Waals surface area contributed by atoms with Crippen LogP contribution in [0.2, 0.25) is 10.0 Å². The van der Waals surface area contributed by atoms with E-state index in [0.29, 0.717) is 38.1 Å². The topological polar surface area (TPSA) is 90.6 Å². The van der Waals surface area contributed by atoms with Crippen molar-refractivity contribution in [3.8, 4) is 28.6 Å². The summed E-state index contributed by atoms with van der Waals surface area (Å²) in [5.74, 6) is 1.47. The fourth-order valence-electron chi connectivity index (χ4n) is 3.32. The second-order valence-corrected chi connectivity index (χ2v) is 9.10. The minimum Gasteiger partial charge on any atom is -0.493 e. The zero-order valence-electron chi connectivity index (χ0n) is 19.3. The normalized spacial score (nSPS) is 11.0. The first-order valence-corrected chi connectivity index (χ1v) is 12.4. The molecule has 0 atom stereocenters. The molecule has 36 heavy (non-hydrogen) atoms. The van der Waals surface area contributed by atoms with Gasteiger partial charge in [-0.3, -0.25) is 9.36 Å². The van der Waals surface area contributed by atoms with Crippen LogP contribution in [0.15, 0.2) is 77.0 Å². The minimum absolute atomic E-state index is 0.0684. The molecule has 0 saturated heterocycles. The molecular weight excluding hydrogens is 521 g/mol. The number of amides is 1. The number of rotatable bonds is 9. The van der Waals surface area contributed by atoms with Gasteiger partial charge in [0.25, 0.3) is 5.91 Å². The fourth-order valence-corrected chi connectivity index (χ4v) is 4.32. The van der Waals surface area contributed by atoms with Crippen LogP contribution in [-0.4, -0.2) is 46.9 Å². The Labute approximate surface area is 222 Å². The molecule has 0 unspecified atom stereocenters. The summed E-state index contributed by atoms with van der Waals surface area (Å²) in [6.07, 6.45) is 1.50. The molecule has 0 saturated carbocycles. The number of methoxy groups -OCH3 is 2. The Morgan fingerprint density at radius 1 is 1.00 bits per heavy atom. The molecule has 8 nitrogen and oxygen atoms in total. The number of carbonyl (C=O) groups excluding carboxylic acids is 1. The van der Waals surface area contributed by atoms with Crippen molar-refractivity contribution in [1.29, 1.82) is 0 Å². The smallest absolute Gasteiger partial charge is 0.250 e. The second-order valence-electron chi connectivity index (χ2n) is 7.29. The van der Waals surface area contributed by atoms with E-state index in [4.69, 9.17) is 32.7 Å². The number of benzene rings is 3. The molecule has 0 aliphatic rings. The maximum atomic E-state index is 12.5. The van der Waals surface area contributed by atoms with Crippen LogP contribution in [0.1, 0.15) is 5.56 Å². The highest BCUT2D eigenvalue weighted by Crippen LogP contribution is 2.30. The third kappa shape index (κ3) is 5.99. The molecule has 0 fully saturated rings. The molecule has 1 amide bonds. The molecule has 0 bridgehead atoms. The SMILES string of the molecule is COc1cccc(/C=N/NC(=O)CSc2nnc(-c3ccc(Cl)cc3)n2-c2ccc(Cl)cc2)c1OC. The standard InChI is InChI=1S/C25H21Cl2N5O3S/c1-34-21-5-3-4-17(23(21)35-2)14-28-29-22(33)15-36-25-31-30-24(16-6-8-18(26)9-7-16)32(25)20-12-10-19(27)11-13-20/h3-14H,15H2,1-2H3,(H,29,33)/b28-14+. The van der Waals surface area contributed by atoms with Crippen molar-refractivity contribution >= 4 is 47.1 Å². The van der Waals surface area contributed by atoms with Gasteiger partial charge in [0.15, 0.2) is 22.5 Å². The monoisotopic (exact) mass is 541 g/mol. The van der Waals surface area contributed by atoms with Crippen LogP contribution in [0.3, 0.4) is 0 Å². The van der Waals surface area contributed by atoms with Crippen LogP contribution in [0, 0.1) is 0 Å². The zero-order chi connectivity index (χ0) is 25.5. The first-order valence-electron chi connectivity index (χ1n) is 10.6. The molecular formula is C25H21Cl2N5O3S. The Morgan fingerprint density at radius 3 is 2.36 bits per heavy atom. The predicted molar refractivity (Wildman–Crippen MR) is 143 cm³/mol. The van der Waals surface area contributed by atoms with E-state index >= 15 is 0 Å². The lowest BCUT2D eigenvalue weighted by atomic mass is 10.2. The van der Waals surface area contributed by atoms with Crippen molar-refractivity contribution in [2.75, 3.05) is 20.0 Å². The summed E-state index contributed by atoms with van der Waals surface area (Å²) in [6.45, 7) is 0. The number of para-hydroxylation sites is 1. The zero-order valence-corrected chi connectivity index (χ0v) is 21.6. The molecule has 3 aromatic carbocycles. The molecule has 0 spiro atoms. The summed E-state index contributed by atoms with van der Waals surface area (Å²) < 4.78 is 12.5. The molecule has 1 aromatic heterocycles. The maximum Gasteiger partial charge on any atom is 0.250 e. The molecule has 11 heteroatoms. The fraction of sp³-hybridized carbons (Fsp3) is 0.120. The van der Waals surface area contributed by atoms with E-state index in [1.807, 2.05) is 34.9 Å². The van der Waals surface area contributed by atoms with Gasteiger partial charge in [-0.15, -0.1) is 10.2 Å². The van der Waals surface area contributed by atoms with Crippen molar-refractivity contribution in [2.45, 2.75) is 5.16 Å². The Balaban J connectivity index is 1.50. The highest BCUT2D eigenvalue weighted by atomic mass is 35.5. The van der Waals surface area contributed by atoms with Gasteiger partial charge in [-0.25, -0.2) is 5.43 Å². The van der Waals surface area contributed by atoms with Crippen LogP contribution in [-0.2, 0) is 4.79 Å².